The van der Waals surface area contributed by atoms with Crippen molar-refractivity contribution in [2.75, 3.05) is 18.1 Å². The van der Waals surface area contributed by atoms with Gasteiger partial charge in [-0.3, -0.25) is 9.89 Å². The Hall–Kier alpha value is -1.20. The average molecular weight is 266 g/mol. The molecule has 1 aromatic carbocycles. The first-order valence-electron chi connectivity index (χ1n) is 5.95. The third kappa shape index (κ3) is 2.47. The smallest absolute Gasteiger partial charge is 0.274 e. The maximum Gasteiger partial charge on any atom is 0.274 e. The minimum absolute atomic E-state index is 0.0141. The Bertz CT molecular complexity index is 586. The Morgan fingerprint density at radius 1 is 1.39 bits per heavy atom. The van der Waals surface area contributed by atoms with E-state index in [1.54, 1.807) is 16.4 Å². The molecule has 5 heteroatoms. The molecule has 18 heavy (non-hydrogen) atoms. The van der Waals surface area contributed by atoms with Crippen LogP contribution in [0.4, 0.5) is 0 Å². The molecule has 0 fully saturated rings. The van der Waals surface area contributed by atoms with E-state index in [4.69, 9.17) is 5.11 Å². The quantitative estimate of drug-likeness (QED) is 0.811. The van der Waals surface area contributed by atoms with Crippen molar-refractivity contribution in [1.29, 1.82) is 0 Å². The van der Waals surface area contributed by atoms with E-state index in [0.29, 0.717) is 5.75 Å². The molecule has 98 valence electrons. The maximum absolute atomic E-state index is 12.3. The van der Waals surface area contributed by atoms with Crippen molar-refractivity contribution < 1.29 is 5.11 Å². The van der Waals surface area contributed by atoms with Gasteiger partial charge in [-0.1, -0.05) is 12.1 Å². The number of H-pyrrole nitrogens is 1. The minimum atomic E-state index is -0.296. The lowest BCUT2D eigenvalue weighted by Crippen LogP contribution is -2.37. The van der Waals surface area contributed by atoms with Crippen LogP contribution in [0.2, 0.25) is 0 Å². The number of para-hydroxylation sites is 1. The normalized spacial score (nSPS) is 12.2. The molecule has 0 amide bonds. The van der Waals surface area contributed by atoms with Crippen molar-refractivity contribution in [2.45, 2.75) is 19.4 Å². The number of benzene rings is 1. The third-order valence-corrected chi connectivity index (χ3v) is 4.27. The van der Waals surface area contributed by atoms with Crippen LogP contribution < -0.4 is 5.56 Å². The SMILES string of the molecule is CC(C)(CSCCO)n1[nH]c2ccccc2c1=O. The van der Waals surface area contributed by atoms with Crippen LogP contribution in [-0.2, 0) is 5.54 Å². The number of nitrogens with one attached hydrogen (secondary N) is 1. The van der Waals surface area contributed by atoms with Crippen molar-refractivity contribution in [1.82, 2.24) is 9.78 Å². The van der Waals surface area contributed by atoms with Gasteiger partial charge in [0.1, 0.15) is 0 Å². The lowest BCUT2D eigenvalue weighted by Gasteiger charge is -2.24. The van der Waals surface area contributed by atoms with Crippen molar-refractivity contribution >= 4 is 22.7 Å². The van der Waals surface area contributed by atoms with Gasteiger partial charge < -0.3 is 5.11 Å². The molecule has 0 spiro atoms. The highest BCUT2D eigenvalue weighted by Crippen LogP contribution is 2.20. The molecule has 2 rings (SSSR count). The van der Waals surface area contributed by atoms with Crippen molar-refractivity contribution in [3.05, 3.63) is 34.6 Å². The predicted octanol–water partition coefficient (Wildman–Crippen LogP) is 1.79. The zero-order chi connectivity index (χ0) is 13.2. The largest absolute Gasteiger partial charge is 0.396 e. The van der Waals surface area contributed by atoms with E-state index in [2.05, 4.69) is 5.10 Å². The molecule has 0 bridgehead atoms. The zero-order valence-electron chi connectivity index (χ0n) is 10.6. The molecule has 2 N–H and O–H groups in total. The third-order valence-electron chi connectivity index (χ3n) is 2.89. The number of thioether (sulfide) groups is 1. The molecule has 0 aliphatic heterocycles. The molecule has 0 radical (unpaired) electrons. The first-order valence-corrected chi connectivity index (χ1v) is 7.10. The number of hydrogen-bond donors (Lipinski definition) is 2. The predicted molar refractivity (Wildman–Crippen MR) is 76.3 cm³/mol. The molecule has 2 aromatic rings. The van der Waals surface area contributed by atoms with E-state index in [1.165, 1.54) is 0 Å². The molecule has 0 unspecified atom stereocenters. The fourth-order valence-electron chi connectivity index (χ4n) is 1.94. The summed E-state index contributed by atoms with van der Waals surface area (Å²) in [7, 11) is 0. The summed E-state index contributed by atoms with van der Waals surface area (Å²) in [4.78, 5) is 12.3. The summed E-state index contributed by atoms with van der Waals surface area (Å²) in [6.45, 7) is 4.21. The van der Waals surface area contributed by atoms with E-state index in [1.807, 2.05) is 38.1 Å². The number of fused-ring (bicyclic) bond motifs is 1. The van der Waals surface area contributed by atoms with Crippen LogP contribution in [0.3, 0.4) is 0 Å². The van der Waals surface area contributed by atoms with Crippen molar-refractivity contribution in [3.63, 3.8) is 0 Å². The number of nitrogens with zero attached hydrogens (tertiary/aromatic N) is 1. The highest BCUT2D eigenvalue weighted by Gasteiger charge is 2.23. The lowest BCUT2D eigenvalue weighted by atomic mass is 10.1. The number of aromatic amines is 1. The van der Waals surface area contributed by atoms with E-state index < -0.39 is 0 Å². The van der Waals surface area contributed by atoms with Gasteiger partial charge in [-0.2, -0.15) is 11.8 Å². The monoisotopic (exact) mass is 266 g/mol. The summed E-state index contributed by atoms with van der Waals surface area (Å²) in [5.74, 6) is 1.47. The van der Waals surface area contributed by atoms with Gasteiger partial charge >= 0.3 is 0 Å². The second-order valence-corrected chi connectivity index (χ2v) is 5.99. The molecule has 4 nitrogen and oxygen atoms in total. The van der Waals surface area contributed by atoms with Gasteiger partial charge in [0, 0.05) is 11.5 Å². The molecular weight excluding hydrogens is 248 g/mol. The fraction of sp³-hybridized carbons (Fsp3) is 0.462. The minimum Gasteiger partial charge on any atom is -0.396 e. The fourth-order valence-corrected chi connectivity index (χ4v) is 2.84. The molecule has 0 saturated carbocycles. The number of aromatic nitrogens is 2. The van der Waals surface area contributed by atoms with E-state index in [0.717, 1.165) is 16.7 Å². The molecule has 0 saturated heterocycles. The Morgan fingerprint density at radius 2 is 2.11 bits per heavy atom. The van der Waals surface area contributed by atoms with Gasteiger partial charge in [0.05, 0.1) is 23.0 Å². The van der Waals surface area contributed by atoms with Gasteiger partial charge in [0.15, 0.2) is 0 Å². The summed E-state index contributed by atoms with van der Waals surface area (Å²) in [5, 5.41) is 12.7. The number of aliphatic hydroxyl groups is 1. The van der Waals surface area contributed by atoms with Gasteiger partial charge in [-0.05, 0) is 26.0 Å². The summed E-state index contributed by atoms with van der Waals surface area (Å²) in [5.41, 5.74) is 0.582. The summed E-state index contributed by atoms with van der Waals surface area (Å²) in [6, 6.07) is 7.53. The first kappa shape index (κ1) is 13.2. The molecule has 1 heterocycles. The molecular formula is C13H18N2O2S. The number of aliphatic hydroxyl groups excluding tert-OH is 1. The van der Waals surface area contributed by atoms with Crippen LogP contribution in [-0.4, -0.2) is 33.0 Å². The van der Waals surface area contributed by atoms with Crippen molar-refractivity contribution in [3.8, 4) is 0 Å². The van der Waals surface area contributed by atoms with Crippen LogP contribution in [0.25, 0.3) is 10.9 Å². The van der Waals surface area contributed by atoms with E-state index in [-0.39, 0.29) is 17.7 Å². The average Bonchev–Trinajstić information content (AvgIpc) is 2.69. The second kappa shape index (κ2) is 5.20. The summed E-state index contributed by atoms with van der Waals surface area (Å²) < 4.78 is 1.68. The highest BCUT2D eigenvalue weighted by molar-refractivity contribution is 7.99. The first-order chi connectivity index (χ1) is 8.56. The molecule has 0 atom stereocenters. The zero-order valence-corrected chi connectivity index (χ0v) is 11.5. The van der Waals surface area contributed by atoms with Crippen LogP contribution in [0.5, 0.6) is 0 Å². The lowest BCUT2D eigenvalue weighted by molar-refractivity contribution is 0.321. The second-order valence-electron chi connectivity index (χ2n) is 4.89. The number of rotatable bonds is 5. The number of hydrogen-bond acceptors (Lipinski definition) is 3. The molecule has 0 aliphatic carbocycles. The molecule has 1 aromatic heterocycles. The van der Waals surface area contributed by atoms with E-state index >= 15 is 0 Å². The van der Waals surface area contributed by atoms with Gasteiger partial charge in [-0.15, -0.1) is 0 Å². The van der Waals surface area contributed by atoms with Gasteiger partial charge in [0.2, 0.25) is 0 Å². The highest BCUT2D eigenvalue weighted by atomic mass is 32.2. The summed E-state index contributed by atoms with van der Waals surface area (Å²) in [6.07, 6.45) is 0. The van der Waals surface area contributed by atoms with Crippen LogP contribution in [0, 0.1) is 0 Å². The standard InChI is InChI=1S/C13H18N2O2S/c1-13(2,9-18-8-7-16)15-12(17)10-5-3-4-6-11(10)14-15/h3-6,14,16H,7-9H2,1-2H3. The maximum atomic E-state index is 12.3. The Kier molecular flexibility index (Phi) is 3.82. The summed E-state index contributed by atoms with van der Waals surface area (Å²) >= 11 is 1.64. The van der Waals surface area contributed by atoms with Crippen LogP contribution in [0.15, 0.2) is 29.1 Å². The van der Waals surface area contributed by atoms with Gasteiger partial charge in [-0.25, -0.2) is 4.68 Å². The van der Waals surface area contributed by atoms with E-state index in [9.17, 15) is 4.79 Å². The Morgan fingerprint density at radius 3 is 2.78 bits per heavy atom. The van der Waals surface area contributed by atoms with Crippen LogP contribution in [0.1, 0.15) is 13.8 Å². The molecule has 0 aliphatic rings. The van der Waals surface area contributed by atoms with Crippen molar-refractivity contribution in [2.24, 2.45) is 0 Å². The van der Waals surface area contributed by atoms with Crippen LogP contribution >= 0.6 is 11.8 Å². The van der Waals surface area contributed by atoms with Gasteiger partial charge in [0.25, 0.3) is 5.56 Å². The topological polar surface area (TPSA) is 58.0 Å². The Labute approximate surface area is 110 Å². The Balaban J connectivity index is 2.35.